The molecule has 0 saturated heterocycles. The molecule has 0 fully saturated rings. The number of ether oxygens (including phenoxy) is 2. The Morgan fingerprint density at radius 2 is 1.85 bits per heavy atom. The number of esters is 1. The van der Waals surface area contributed by atoms with E-state index < -0.39 is 12.6 Å². The Hall–Kier alpha value is -2.80. The highest BCUT2D eigenvalue weighted by atomic mass is 32.2. The molecule has 1 amide bonds. The van der Waals surface area contributed by atoms with E-state index in [9.17, 15) is 14.4 Å². The van der Waals surface area contributed by atoms with E-state index in [2.05, 4.69) is 5.32 Å². The molecule has 2 aromatic rings. The van der Waals surface area contributed by atoms with E-state index in [1.165, 1.54) is 25.8 Å². The predicted molar refractivity (Wildman–Crippen MR) is 100 cm³/mol. The van der Waals surface area contributed by atoms with Crippen LogP contribution in [0.4, 0.5) is 5.69 Å². The molecule has 0 aliphatic rings. The maximum absolute atomic E-state index is 12.3. The van der Waals surface area contributed by atoms with Gasteiger partial charge in [-0.2, -0.15) is 0 Å². The first kappa shape index (κ1) is 19.5. The lowest BCUT2D eigenvalue weighted by Gasteiger charge is -2.11. The van der Waals surface area contributed by atoms with Crippen molar-refractivity contribution in [3.05, 3.63) is 53.6 Å². The smallest absolute Gasteiger partial charge is 0.342 e. The Morgan fingerprint density at radius 1 is 1.12 bits per heavy atom. The van der Waals surface area contributed by atoms with Crippen molar-refractivity contribution in [1.82, 2.24) is 0 Å². The van der Waals surface area contributed by atoms with Crippen LogP contribution < -0.4 is 10.1 Å². The minimum atomic E-state index is -0.640. The number of amides is 1. The Bertz CT molecular complexity index is 834. The topological polar surface area (TPSA) is 81.7 Å². The van der Waals surface area contributed by atoms with E-state index in [1.807, 2.05) is 6.26 Å². The molecule has 2 rings (SSSR count). The van der Waals surface area contributed by atoms with Gasteiger partial charge < -0.3 is 14.8 Å². The molecule has 0 radical (unpaired) electrons. The molecule has 26 heavy (non-hydrogen) atoms. The maximum atomic E-state index is 12.3. The summed E-state index contributed by atoms with van der Waals surface area (Å²) >= 11 is 1.45. The lowest BCUT2D eigenvalue weighted by atomic mass is 10.1. The minimum absolute atomic E-state index is 0.229. The largest absolute Gasteiger partial charge is 0.496 e. The summed E-state index contributed by atoms with van der Waals surface area (Å²) in [5.41, 5.74) is 1.14. The average Bonchev–Trinajstić information content (AvgIpc) is 2.65. The van der Waals surface area contributed by atoms with Crippen molar-refractivity contribution in [2.24, 2.45) is 0 Å². The van der Waals surface area contributed by atoms with Crippen molar-refractivity contribution >= 4 is 35.1 Å². The van der Waals surface area contributed by atoms with Crippen LogP contribution in [0.3, 0.4) is 0 Å². The molecule has 0 saturated carbocycles. The molecule has 0 heterocycles. The average molecular weight is 373 g/mol. The number of hydrogen-bond acceptors (Lipinski definition) is 6. The van der Waals surface area contributed by atoms with Gasteiger partial charge in [-0.1, -0.05) is 18.2 Å². The number of nitrogens with one attached hydrogen (secondary N) is 1. The van der Waals surface area contributed by atoms with Gasteiger partial charge >= 0.3 is 5.97 Å². The lowest BCUT2D eigenvalue weighted by molar-refractivity contribution is -0.114. The van der Waals surface area contributed by atoms with Crippen LogP contribution in [0.15, 0.2) is 47.4 Å². The third-order valence-corrected chi connectivity index (χ3v) is 4.29. The summed E-state index contributed by atoms with van der Waals surface area (Å²) in [6.07, 6.45) is 1.87. The van der Waals surface area contributed by atoms with E-state index in [0.717, 1.165) is 4.90 Å². The number of thioether (sulfide) groups is 1. The van der Waals surface area contributed by atoms with Crippen LogP contribution in [0.2, 0.25) is 0 Å². The van der Waals surface area contributed by atoms with Crippen LogP contribution in [-0.2, 0) is 9.53 Å². The molecule has 0 bridgehead atoms. The maximum Gasteiger partial charge on any atom is 0.342 e. The van der Waals surface area contributed by atoms with Crippen molar-refractivity contribution in [2.45, 2.75) is 11.8 Å². The number of benzene rings is 2. The number of methoxy groups -OCH3 is 1. The van der Waals surface area contributed by atoms with Gasteiger partial charge in [-0.25, -0.2) is 4.79 Å². The zero-order valence-corrected chi connectivity index (χ0v) is 15.5. The molecule has 7 heteroatoms. The number of hydrogen-bond donors (Lipinski definition) is 1. The quantitative estimate of drug-likeness (QED) is 0.455. The highest BCUT2D eigenvalue weighted by Crippen LogP contribution is 2.27. The summed E-state index contributed by atoms with van der Waals surface area (Å²) in [4.78, 5) is 36.6. The number of Topliss-reactive ketones (excluding diaryl/α,β-unsaturated/α-hetero) is 1. The SMILES string of the molecule is COc1ccccc1C(=O)OCC(=O)c1ccc(SC)c(NC(C)=O)c1. The fourth-order valence-corrected chi connectivity index (χ4v) is 2.81. The van der Waals surface area contributed by atoms with Crippen LogP contribution in [-0.4, -0.2) is 37.6 Å². The van der Waals surface area contributed by atoms with Crippen LogP contribution in [0, 0.1) is 0 Å². The van der Waals surface area contributed by atoms with Gasteiger partial charge in [-0.05, 0) is 30.5 Å². The number of anilines is 1. The Balaban J connectivity index is 2.10. The molecular formula is C19H19NO5S. The van der Waals surface area contributed by atoms with Crippen LogP contribution in [0.25, 0.3) is 0 Å². The summed E-state index contributed by atoms with van der Waals surface area (Å²) in [5.74, 6) is -0.860. The molecule has 0 spiro atoms. The summed E-state index contributed by atoms with van der Waals surface area (Å²) < 4.78 is 10.2. The number of ketones is 1. The van der Waals surface area contributed by atoms with Crippen LogP contribution in [0.1, 0.15) is 27.6 Å². The van der Waals surface area contributed by atoms with Gasteiger partial charge in [0.1, 0.15) is 11.3 Å². The Labute approximate surface area is 155 Å². The zero-order valence-electron chi connectivity index (χ0n) is 14.7. The third kappa shape index (κ3) is 4.86. The monoisotopic (exact) mass is 373 g/mol. The zero-order chi connectivity index (χ0) is 19.1. The number of para-hydroxylation sites is 1. The van der Waals surface area contributed by atoms with Crippen molar-refractivity contribution in [1.29, 1.82) is 0 Å². The van der Waals surface area contributed by atoms with Crippen molar-refractivity contribution in [3.8, 4) is 5.75 Å². The van der Waals surface area contributed by atoms with Gasteiger partial charge in [0.2, 0.25) is 5.91 Å². The summed E-state index contributed by atoms with van der Waals surface area (Å²) in [7, 11) is 1.45. The van der Waals surface area contributed by atoms with Crippen molar-refractivity contribution in [3.63, 3.8) is 0 Å². The third-order valence-electron chi connectivity index (χ3n) is 3.49. The summed E-state index contributed by atoms with van der Waals surface area (Å²) in [6, 6.07) is 11.6. The van der Waals surface area contributed by atoms with Gasteiger partial charge in [-0.15, -0.1) is 11.8 Å². The van der Waals surface area contributed by atoms with Gasteiger partial charge in [-0.3, -0.25) is 9.59 Å². The van der Waals surface area contributed by atoms with Gasteiger partial charge in [0.25, 0.3) is 0 Å². The normalized spacial score (nSPS) is 10.1. The fraction of sp³-hybridized carbons (Fsp3) is 0.211. The van der Waals surface area contributed by atoms with Gasteiger partial charge in [0, 0.05) is 17.4 Å². The molecule has 0 unspecified atom stereocenters. The Morgan fingerprint density at radius 3 is 2.50 bits per heavy atom. The molecule has 1 N–H and O–H groups in total. The predicted octanol–water partition coefficient (Wildman–Crippen LogP) is 3.42. The molecule has 0 aliphatic heterocycles. The highest BCUT2D eigenvalue weighted by molar-refractivity contribution is 7.98. The Kier molecular flexibility index (Phi) is 6.80. The van der Waals surface area contributed by atoms with E-state index >= 15 is 0 Å². The molecule has 6 nitrogen and oxygen atoms in total. The molecule has 0 aliphatic carbocycles. The first-order valence-corrected chi connectivity index (χ1v) is 8.97. The van der Waals surface area contributed by atoms with E-state index in [0.29, 0.717) is 17.0 Å². The fourth-order valence-electron chi connectivity index (χ4n) is 2.27. The molecule has 136 valence electrons. The van der Waals surface area contributed by atoms with Gasteiger partial charge in [0.15, 0.2) is 12.4 Å². The van der Waals surface area contributed by atoms with Crippen LogP contribution in [0.5, 0.6) is 5.75 Å². The summed E-state index contributed by atoms with van der Waals surface area (Å²) in [6.45, 7) is 0.989. The lowest BCUT2D eigenvalue weighted by Crippen LogP contribution is -2.15. The molecule has 2 aromatic carbocycles. The molecular weight excluding hydrogens is 354 g/mol. The van der Waals surface area contributed by atoms with Crippen molar-refractivity contribution < 1.29 is 23.9 Å². The van der Waals surface area contributed by atoms with E-state index in [1.54, 1.807) is 42.5 Å². The first-order valence-electron chi connectivity index (χ1n) is 7.75. The highest BCUT2D eigenvalue weighted by Gasteiger charge is 2.16. The first-order chi connectivity index (χ1) is 12.5. The molecule has 0 aromatic heterocycles. The minimum Gasteiger partial charge on any atom is -0.496 e. The van der Waals surface area contributed by atoms with E-state index in [-0.39, 0.29) is 17.3 Å². The molecule has 0 atom stereocenters. The second-order valence-corrected chi connectivity index (χ2v) is 6.14. The van der Waals surface area contributed by atoms with E-state index in [4.69, 9.17) is 9.47 Å². The second-order valence-electron chi connectivity index (χ2n) is 5.30. The van der Waals surface area contributed by atoms with Crippen LogP contribution >= 0.6 is 11.8 Å². The van der Waals surface area contributed by atoms with Gasteiger partial charge in [0.05, 0.1) is 12.8 Å². The number of carbonyl (C=O) groups is 3. The standard InChI is InChI=1S/C19H19NO5S/c1-12(21)20-15-10-13(8-9-18(15)26-3)16(22)11-25-19(23)14-6-4-5-7-17(14)24-2/h4-10H,11H2,1-3H3,(H,20,21). The number of carbonyl (C=O) groups excluding carboxylic acids is 3. The number of rotatable bonds is 7. The summed E-state index contributed by atoms with van der Waals surface area (Å²) in [5, 5.41) is 2.69. The van der Waals surface area contributed by atoms with Crippen molar-refractivity contribution in [2.75, 3.05) is 25.3 Å². The second kappa shape index (κ2) is 9.05.